The first kappa shape index (κ1) is 18.4. The fourth-order valence-electron chi connectivity index (χ4n) is 2.86. The van der Waals surface area contributed by atoms with Crippen LogP contribution in [0.5, 0.6) is 0 Å². The molecule has 24 heavy (non-hydrogen) atoms. The molecule has 132 valence electrons. The van der Waals surface area contributed by atoms with E-state index in [1.165, 1.54) is 5.56 Å². The van der Waals surface area contributed by atoms with Gasteiger partial charge < -0.3 is 19.8 Å². The summed E-state index contributed by atoms with van der Waals surface area (Å²) < 4.78 is 4.93. The van der Waals surface area contributed by atoms with E-state index in [0.29, 0.717) is 26.1 Å². The number of carbonyl (C=O) groups is 1. The van der Waals surface area contributed by atoms with E-state index in [2.05, 4.69) is 4.99 Å². The smallest absolute Gasteiger partial charge is 0.305 e. The average Bonchev–Trinajstić information content (AvgIpc) is 2.96. The molecule has 6 heteroatoms. The maximum atomic E-state index is 11.4. The van der Waals surface area contributed by atoms with E-state index in [1.807, 2.05) is 30.0 Å². The quantitative estimate of drug-likeness (QED) is 0.638. The minimum absolute atomic E-state index is 0.0411. The molecule has 0 bridgehead atoms. The summed E-state index contributed by atoms with van der Waals surface area (Å²) >= 11 is 0. The van der Waals surface area contributed by atoms with Gasteiger partial charge in [0.2, 0.25) is 0 Å². The van der Waals surface area contributed by atoms with Crippen molar-refractivity contribution in [3.05, 3.63) is 23.8 Å². The second-order valence-corrected chi connectivity index (χ2v) is 5.76. The lowest BCUT2D eigenvalue weighted by molar-refractivity contribution is -0.143. The van der Waals surface area contributed by atoms with E-state index in [0.717, 1.165) is 36.3 Å². The molecular formula is C18H26N2O4. The molecule has 1 aromatic rings. The zero-order chi connectivity index (χ0) is 17.4. The maximum Gasteiger partial charge on any atom is 0.305 e. The zero-order valence-electron chi connectivity index (χ0n) is 14.2. The van der Waals surface area contributed by atoms with Gasteiger partial charge in [-0.25, -0.2) is 0 Å². The highest BCUT2D eigenvalue weighted by Gasteiger charge is 2.17. The van der Waals surface area contributed by atoms with E-state index in [1.54, 1.807) is 0 Å². The van der Waals surface area contributed by atoms with Gasteiger partial charge in [0.1, 0.15) is 0 Å². The van der Waals surface area contributed by atoms with Crippen LogP contribution in [0.25, 0.3) is 0 Å². The lowest BCUT2D eigenvalue weighted by Crippen LogP contribution is -2.29. The molecule has 1 aliphatic heterocycles. The summed E-state index contributed by atoms with van der Waals surface area (Å²) in [5.74, 6) is -0.153. The molecule has 2 rings (SSSR count). The summed E-state index contributed by atoms with van der Waals surface area (Å²) in [4.78, 5) is 18.0. The maximum absolute atomic E-state index is 11.4. The van der Waals surface area contributed by atoms with Gasteiger partial charge in [0, 0.05) is 37.3 Å². The normalized spacial score (nSPS) is 12.7. The van der Waals surface area contributed by atoms with Crippen LogP contribution in [0.2, 0.25) is 0 Å². The number of anilines is 1. The minimum Gasteiger partial charge on any atom is -0.466 e. The molecule has 1 aliphatic rings. The molecule has 0 fully saturated rings. The van der Waals surface area contributed by atoms with Crippen LogP contribution >= 0.6 is 0 Å². The summed E-state index contributed by atoms with van der Waals surface area (Å²) in [6.07, 6.45) is 2.78. The third-order valence-corrected chi connectivity index (χ3v) is 4.00. The Hall–Kier alpha value is -1.92. The van der Waals surface area contributed by atoms with Crippen LogP contribution < -0.4 is 4.90 Å². The van der Waals surface area contributed by atoms with Crippen LogP contribution in [-0.2, 0) is 16.0 Å². The first-order valence-corrected chi connectivity index (χ1v) is 8.49. The summed E-state index contributed by atoms with van der Waals surface area (Å²) in [5, 5.41) is 18.3. The van der Waals surface area contributed by atoms with Crippen molar-refractivity contribution in [1.29, 1.82) is 0 Å². The van der Waals surface area contributed by atoms with E-state index < -0.39 is 0 Å². The Kier molecular flexibility index (Phi) is 7.21. The fourth-order valence-corrected chi connectivity index (χ4v) is 2.86. The van der Waals surface area contributed by atoms with Gasteiger partial charge >= 0.3 is 5.97 Å². The molecule has 0 aliphatic carbocycles. The van der Waals surface area contributed by atoms with Gasteiger partial charge in [0.15, 0.2) is 0 Å². The van der Waals surface area contributed by atoms with Crippen LogP contribution in [0.4, 0.5) is 11.4 Å². The number of aliphatic hydroxyl groups is 2. The van der Waals surface area contributed by atoms with Gasteiger partial charge in [-0.15, -0.1) is 0 Å². The highest BCUT2D eigenvalue weighted by Crippen LogP contribution is 2.32. The number of benzene rings is 1. The number of ether oxygens (including phenoxy) is 1. The van der Waals surface area contributed by atoms with Crippen LogP contribution in [0.3, 0.4) is 0 Å². The molecule has 0 unspecified atom stereocenters. The molecule has 0 aromatic heterocycles. The van der Waals surface area contributed by atoms with E-state index in [-0.39, 0.29) is 19.2 Å². The van der Waals surface area contributed by atoms with E-state index in [9.17, 15) is 4.79 Å². The van der Waals surface area contributed by atoms with Crippen molar-refractivity contribution in [3.8, 4) is 0 Å². The molecule has 1 aromatic carbocycles. The Morgan fingerprint density at radius 1 is 1.29 bits per heavy atom. The summed E-state index contributed by atoms with van der Waals surface area (Å²) in [5.41, 5.74) is 4.16. The van der Waals surface area contributed by atoms with Crippen molar-refractivity contribution in [1.82, 2.24) is 0 Å². The molecule has 0 radical (unpaired) electrons. The number of hydrogen-bond acceptors (Lipinski definition) is 6. The average molecular weight is 334 g/mol. The SMILES string of the molecule is CCOC(=O)CCCC1=Nc2cc(N(CCO)CCO)ccc2C1. The number of esters is 1. The number of fused-ring (bicyclic) bond motifs is 1. The van der Waals surface area contributed by atoms with Crippen LogP contribution in [0, 0.1) is 0 Å². The standard InChI is InChI=1S/C18H26N2O4/c1-2-24-18(23)5-3-4-15-12-14-6-7-16(13-17(14)19-15)20(8-10-21)9-11-22/h6-7,13,21-22H,2-5,8-12H2,1H3. The van der Waals surface area contributed by atoms with E-state index >= 15 is 0 Å². The lowest BCUT2D eigenvalue weighted by Gasteiger charge is -2.23. The molecule has 2 N–H and O–H groups in total. The Morgan fingerprint density at radius 3 is 2.71 bits per heavy atom. The summed E-state index contributed by atoms with van der Waals surface area (Å²) in [6, 6.07) is 6.05. The molecule has 0 amide bonds. The molecule has 0 atom stereocenters. The molecule has 0 spiro atoms. The van der Waals surface area contributed by atoms with Gasteiger partial charge in [0.25, 0.3) is 0 Å². The Labute approximate surface area is 142 Å². The Morgan fingerprint density at radius 2 is 2.04 bits per heavy atom. The monoisotopic (exact) mass is 334 g/mol. The second-order valence-electron chi connectivity index (χ2n) is 5.76. The van der Waals surface area contributed by atoms with Crippen molar-refractivity contribution in [2.24, 2.45) is 4.99 Å². The predicted molar refractivity (Wildman–Crippen MR) is 94.1 cm³/mol. The summed E-state index contributed by atoms with van der Waals surface area (Å²) in [7, 11) is 0. The first-order chi connectivity index (χ1) is 11.7. The largest absolute Gasteiger partial charge is 0.466 e. The topological polar surface area (TPSA) is 82.4 Å². The van der Waals surface area contributed by atoms with E-state index in [4.69, 9.17) is 14.9 Å². The molecule has 6 nitrogen and oxygen atoms in total. The number of aliphatic imine (C=N–C) groups is 1. The van der Waals surface area contributed by atoms with Crippen LogP contribution in [-0.4, -0.2) is 54.8 Å². The van der Waals surface area contributed by atoms with Crippen molar-refractivity contribution in [3.63, 3.8) is 0 Å². The van der Waals surface area contributed by atoms with Gasteiger partial charge in [-0.1, -0.05) is 6.07 Å². The first-order valence-electron chi connectivity index (χ1n) is 8.49. The van der Waals surface area contributed by atoms with Crippen molar-refractivity contribution in [2.45, 2.75) is 32.6 Å². The number of rotatable bonds is 10. The zero-order valence-corrected chi connectivity index (χ0v) is 14.2. The number of nitrogens with zero attached hydrogens (tertiary/aromatic N) is 2. The molecular weight excluding hydrogens is 308 g/mol. The van der Waals surface area contributed by atoms with Crippen LogP contribution in [0.15, 0.2) is 23.2 Å². The predicted octanol–water partition coefficient (Wildman–Crippen LogP) is 1.84. The number of hydrogen-bond donors (Lipinski definition) is 2. The Bertz CT molecular complexity index is 580. The van der Waals surface area contributed by atoms with Crippen LogP contribution in [0.1, 0.15) is 31.7 Å². The third-order valence-electron chi connectivity index (χ3n) is 4.00. The van der Waals surface area contributed by atoms with Crippen molar-refractivity contribution < 1.29 is 19.7 Å². The molecule has 0 saturated carbocycles. The fraction of sp³-hybridized carbons (Fsp3) is 0.556. The lowest BCUT2D eigenvalue weighted by atomic mass is 10.1. The third kappa shape index (κ3) is 5.04. The van der Waals surface area contributed by atoms with Gasteiger partial charge in [-0.2, -0.15) is 0 Å². The van der Waals surface area contributed by atoms with Gasteiger partial charge in [0.05, 0.1) is 25.5 Å². The number of aliphatic hydroxyl groups excluding tert-OH is 2. The Balaban J connectivity index is 1.96. The second kappa shape index (κ2) is 9.39. The molecule has 1 heterocycles. The highest BCUT2D eigenvalue weighted by molar-refractivity contribution is 5.94. The van der Waals surface area contributed by atoms with Crippen molar-refractivity contribution in [2.75, 3.05) is 37.8 Å². The van der Waals surface area contributed by atoms with Gasteiger partial charge in [-0.3, -0.25) is 9.79 Å². The number of carbonyl (C=O) groups excluding carboxylic acids is 1. The highest BCUT2D eigenvalue weighted by atomic mass is 16.5. The van der Waals surface area contributed by atoms with Crippen molar-refractivity contribution >= 4 is 23.1 Å². The minimum atomic E-state index is -0.153. The van der Waals surface area contributed by atoms with Gasteiger partial charge in [-0.05, 0) is 37.5 Å². The summed E-state index contributed by atoms with van der Waals surface area (Å²) in [6.45, 7) is 3.28. The molecule has 0 saturated heterocycles.